The van der Waals surface area contributed by atoms with Gasteiger partial charge in [-0.15, -0.1) is 0 Å². The maximum absolute atomic E-state index is 11.3. The lowest BCUT2D eigenvalue weighted by atomic mass is 9.76. The Morgan fingerprint density at radius 1 is 1.14 bits per heavy atom. The van der Waals surface area contributed by atoms with Gasteiger partial charge in [0.2, 0.25) is 5.91 Å². The van der Waals surface area contributed by atoms with E-state index in [0.717, 1.165) is 37.4 Å². The average Bonchev–Trinajstić information content (AvgIpc) is 3.33. The Morgan fingerprint density at radius 2 is 1.86 bits per heavy atom. The number of hydrogen-bond acceptors (Lipinski definition) is 5. The normalized spacial score (nSPS) is 25.4. The highest BCUT2D eigenvalue weighted by Gasteiger charge is 2.47. The van der Waals surface area contributed by atoms with Gasteiger partial charge < -0.3 is 9.47 Å². The zero-order chi connectivity index (χ0) is 20.5. The van der Waals surface area contributed by atoms with Crippen molar-refractivity contribution in [2.24, 2.45) is 11.8 Å². The summed E-state index contributed by atoms with van der Waals surface area (Å²) >= 11 is 1.98. The van der Waals surface area contributed by atoms with Crippen LogP contribution >= 0.6 is 11.8 Å². The molecule has 0 unspecified atom stereocenters. The van der Waals surface area contributed by atoms with Gasteiger partial charge in [-0.05, 0) is 67.4 Å². The fraction of sp³-hybridized carbons (Fsp3) is 0.696. The number of hydroxylamine groups is 2. The molecule has 0 aliphatic carbocycles. The van der Waals surface area contributed by atoms with Crippen molar-refractivity contribution in [1.29, 1.82) is 0 Å². The van der Waals surface area contributed by atoms with Crippen LogP contribution in [0.5, 0.6) is 0 Å². The number of nitrogens with zero attached hydrogens (tertiary/aromatic N) is 1. The summed E-state index contributed by atoms with van der Waals surface area (Å²) < 4.78 is 12.2. The first-order valence-corrected chi connectivity index (χ1v) is 12.1. The van der Waals surface area contributed by atoms with Crippen LogP contribution in [0.2, 0.25) is 0 Å². The second-order valence-corrected chi connectivity index (χ2v) is 9.45. The Bertz CT molecular complexity index is 612. The third-order valence-corrected chi connectivity index (χ3v) is 7.28. The second kappa shape index (κ2) is 11.9. The van der Waals surface area contributed by atoms with Gasteiger partial charge in [0.05, 0.1) is 18.8 Å². The Hall–Kier alpha value is -1.08. The number of benzene rings is 1. The molecule has 2 bridgehead atoms. The third kappa shape index (κ3) is 6.99. The molecule has 3 rings (SSSR count). The van der Waals surface area contributed by atoms with Crippen LogP contribution in [-0.2, 0) is 20.9 Å². The highest BCUT2D eigenvalue weighted by molar-refractivity contribution is 7.99. The standard InChI is InChI=1S/C23H35NO4S/c1-24(26)23(25)9-5-6-15-29-16-13-20-19(21-10-11-22(20)28-21)12-14-27-17-18-7-3-2-4-8-18/h2-4,7-8,19-22,26H,5-6,9-17H2,1H3/t19-,20+,21-,22+/m0/s1. The van der Waals surface area contributed by atoms with Crippen LogP contribution in [0.1, 0.15) is 50.5 Å². The third-order valence-electron chi connectivity index (χ3n) is 6.18. The van der Waals surface area contributed by atoms with Crippen LogP contribution in [0.15, 0.2) is 30.3 Å². The van der Waals surface area contributed by atoms with Gasteiger partial charge in [0.25, 0.3) is 0 Å². The van der Waals surface area contributed by atoms with Crippen molar-refractivity contribution in [2.45, 2.75) is 63.8 Å². The fourth-order valence-electron chi connectivity index (χ4n) is 4.62. The topological polar surface area (TPSA) is 59.0 Å². The molecule has 5 nitrogen and oxygen atoms in total. The number of carbonyl (C=O) groups excluding carboxylic acids is 1. The van der Waals surface area contributed by atoms with Gasteiger partial charge in [-0.2, -0.15) is 11.8 Å². The maximum atomic E-state index is 11.3. The van der Waals surface area contributed by atoms with Gasteiger partial charge >= 0.3 is 0 Å². The Morgan fingerprint density at radius 3 is 2.59 bits per heavy atom. The first-order chi connectivity index (χ1) is 14.1. The summed E-state index contributed by atoms with van der Waals surface area (Å²) in [6, 6.07) is 10.4. The fourth-order valence-corrected chi connectivity index (χ4v) is 5.67. The lowest BCUT2D eigenvalue weighted by Crippen LogP contribution is -2.28. The second-order valence-electron chi connectivity index (χ2n) is 8.22. The quantitative estimate of drug-likeness (QED) is 0.288. The maximum Gasteiger partial charge on any atom is 0.245 e. The minimum atomic E-state index is -0.202. The summed E-state index contributed by atoms with van der Waals surface area (Å²) in [6.07, 6.45) is 7.94. The number of fused-ring (bicyclic) bond motifs is 2. The Kier molecular flexibility index (Phi) is 9.31. The lowest BCUT2D eigenvalue weighted by molar-refractivity contribution is -0.159. The smallest absolute Gasteiger partial charge is 0.245 e. The van der Waals surface area contributed by atoms with E-state index in [2.05, 4.69) is 24.3 Å². The van der Waals surface area contributed by atoms with E-state index in [1.165, 1.54) is 31.9 Å². The molecular weight excluding hydrogens is 386 g/mol. The molecule has 2 fully saturated rings. The van der Waals surface area contributed by atoms with Crippen molar-refractivity contribution in [3.63, 3.8) is 0 Å². The van der Waals surface area contributed by atoms with Gasteiger partial charge in [-0.25, -0.2) is 5.06 Å². The van der Waals surface area contributed by atoms with Gasteiger partial charge in [0, 0.05) is 20.1 Å². The molecule has 162 valence electrons. The highest BCUT2D eigenvalue weighted by atomic mass is 32.2. The molecule has 2 aliphatic rings. The molecule has 0 radical (unpaired) electrons. The van der Waals surface area contributed by atoms with E-state index >= 15 is 0 Å². The number of unbranched alkanes of at least 4 members (excludes halogenated alkanes) is 1. The van der Waals surface area contributed by atoms with E-state index < -0.39 is 0 Å². The number of ether oxygens (including phenoxy) is 2. The summed E-state index contributed by atoms with van der Waals surface area (Å²) in [6.45, 7) is 1.50. The average molecular weight is 422 g/mol. The Labute approximate surface area is 179 Å². The molecule has 1 amide bonds. The highest BCUT2D eigenvalue weighted by Crippen LogP contribution is 2.46. The zero-order valence-corrected chi connectivity index (χ0v) is 18.3. The minimum absolute atomic E-state index is 0.202. The molecule has 0 spiro atoms. The molecule has 6 heteroatoms. The molecule has 2 saturated heterocycles. The molecular formula is C23H35NO4S. The van der Waals surface area contributed by atoms with Crippen molar-refractivity contribution < 1.29 is 19.5 Å². The summed E-state index contributed by atoms with van der Waals surface area (Å²) in [7, 11) is 1.39. The SMILES string of the molecule is CN(O)C(=O)CCCCSCC[C@@H]1[C@H](CCOCc2ccccc2)[C@@H]2CC[C@H]1O2. The number of thioether (sulfide) groups is 1. The Balaban J connectivity index is 1.29. The first-order valence-electron chi connectivity index (χ1n) is 11.0. The molecule has 1 aromatic rings. The van der Waals surface area contributed by atoms with E-state index in [-0.39, 0.29) is 5.91 Å². The number of amides is 1. The van der Waals surface area contributed by atoms with Crippen molar-refractivity contribution in [2.75, 3.05) is 25.2 Å². The summed E-state index contributed by atoms with van der Waals surface area (Å²) in [5.41, 5.74) is 1.23. The zero-order valence-electron chi connectivity index (χ0n) is 17.5. The predicted octanol–water partition coefficient (Wildman–Crippen LogP) is 4.53. The van der Waals surface area contributed by atoms with Crippen molar-refractivity contribution in [1.82, 2.24) is 5.06 Å². The first kappa shape index (κ1) is 22.6. The van der Waals surface area contributed by atoms with Crippen LogP contribution in [0.3, 0.4) is 0 Å². The molecule has 2 aliphatic heterocycles. The molecule has 1 aromatic carbocycles. The molecule has 2 heterocycles. The monoisotopic (exact) mass is 421 g/mol. The van der Waals surface area contributed by atoms with Crippen LogP contribution in [0.4, 0.5) is 0 Å². The van der Waals surface area contributed by atoms with E-state index in [1.54, 1.807) is 0 Å². The summed E-state index contributed by atoms with van der Waals surface area (Å²) in [5.74, 6) is 3.35. The van der Waals surface area contributed by atoms with Crippen LogP contribution in [0, 0.1) is 11.8 Å². The predicted molar refractivity (Wildman–Crippen MR) is 116 cm³/mol. The van der Waals surface area contributed by atoms with E-state index in [0.29, 0.717) is 42.1 Å². The van der Waals surface area contributed by atoms with Gasteiger partial charge in [0.1, 0.15) is 0 Å². The van der Waals surface area contributed by atoms with Crippen molar-refractivity contribution >= 4 is 17.7 Å². The molecule has 1 N–H and O–H groups in total. The van der Waals surface area contributed by atoms with Crippen molar-refractivity contribution in [3.8, 4) is 0 Å². The molecule has 0 aromatic heterocycles. The van der Waals surface area contributed by atoms with E-state index in [1.807, 2.05) is 17.8 Å². The van der Waals surface area contributed by atoms with Gasteiger partial charge in [-0.1, -0.05) is 30.3 Å². The number of carbonyl (C=O) groups is 1. The van der Waals surface area contributed by atoms with Crippen LogP contribution in [-0.4, -0.2) is 53.5 Å². The summed E-state index contributed by atoms with van der Waals surface area (Å²) in [5, 5.41) is 9.74. The van der Waals surface area contributed by atoms with E-state index in [4.69, 9.17) is 14.7 Å². The van der Waals surface area contributed by atoms with Gasteiger partial charge in [0.15, 0.2) is 0 Å². The van der Waals surface area contributed by atoms with Crippen LogP contribution < -0.4 is 0 Å². The molecule has 4 atom stereocenters. The lowest BCUT2D eigenvalue weighted by Gasteiger charge is -2.28. The largest absolute Gasteiger partial charge is 0.377 e. The molecule has 29 heavy (non-hydrogen) atoms. The van der Waals surface area contributed by atoms with Crippen LogP contribution in [0.25, 0.3) is 0 Å². The van der Waals surface area contributed by atoms with E-state index in [9.17, 15) is 4.79 Å². The molecule has 0 saturated carbocycles. The number of rotatable bonds is 13. The minimum Gasteiger partial charge on any atom is -0.377 e. The number of hydrogen-bond donors (Lipinski definition) is 1. The van der Waals surface area contributed by atoms with Crippen molar-refractivity contribution in [3.05, 3.63) is 35.9 Å². The summed E-state index contributed by atoms with van der Waals surface area (Å²) in [4.78, 5) is 11.3. The van der Waals surface area contributed by atoms with Gasteiger partial charge in [-0.3, -0.25) is 10.0 Å².